The number of aromatic amines is 1. The summed E-state index contributed by atoms with van der Waals surface area (Å²) in [4.78, 5) is 38.2. The minimum absolute atomic E-state index is 0.0287. The molecular weight excluding hydrogens is 935 g/mol. The fourth-order valence-electron chi connectivity index (χ4n) is 11.7. The Morgan fingerprint density at radius 1 is 1.01 bits per heavy atom. The van der Waals surface area contributed by atoms with Gasteiger partial charge in [-0.3, -0.25) is 19.8 Å². The summed E-state index contributed by atoms with van der Waals surface area (Å²) in [6.07, 6.45) is 14.3. The summed E-state index contributed by atoms with van der Waals surface area (Å²) in [7, 11) is -4.64. The number of sulfonamides is 1. The minimum Gasteiger partial charge on any atom is -0.489 e. The van der Waals surface area contributed by atoms with Crippen molar-refractivity contribution >= 4 is 60.0 Å². The number of nitro groups is 1. The number of carbonyl (C=O) groups is 1. The van der Waals surface area contributed by atoms with Crippen molar-refractivity contribution in [2.24, 2.45) is 16.7 Å². The maximum absolute atomic E-state index is 14.2. The van der Waals surface area contributed by atoms with Crippen molar-refractivity contribution in [1.29, 1.82) is 0 Å². The highest BCUT2D eigenvalue weighted by molar-refractivity contribution is 9.10. The Morgan fingerprint density at radius 2 is 1.78 bits per heavy atom. The van der Waals surface area contributed by atoms with Crippen LogP contribution in [0.4, 0.5) is 17.1 Å². The smallest absolute Gasteiger partial charge is 0.297 e. The number of carbonyl (C=O) groups excluding carboxylic acids is 1. The molecule has 1 spiro atoms. The van der Waals surface area contributed by atoms with Gasteiger partial charge in [0, 0.05) is 65.1 Å². The van der Waals surface area contributed by atoms with Crippen LogP contribution in [0.2, 0.25) is 0 Å². The van der Waals surface area contributed by atoms with E-state index in [1.54, 1.807) is 30.6 Å². The summed E-state index contributed by atoms with van der Waals surface area (Å²) in [5.41, 5.74) is 4.68. The second-order valence-corrected chi connectivity index (χ2v) is 23.3. The molecule has 3 aromatic carbocycles. The molecule has 14 nitrogen and oxygen atoms in total. The Hall–Kier alpha value is -5.19. The van der Waals surface area contributed by atoms with E-state index in [4.69, 9.17) is 9.47 Å². The summed E-state index contributed by atoms with van der Waals surface area (Å²) >= 11 is 3.55. The Balaban J connectivity index is 0.863. The van der Waals surface area contributed by atoms with E-state index in [9.17, 15) is 23.3 Å². The van der Waals surface area contributed by atoms with Gasteiger partial charge in [-0.2, -0.15) is 0 Å². The molecule has 2 atom stereocenters. The van der Waals surface area contributed by atoms with Crippen LogP contribution in [0, 0.1) is 26.9 Å². The fraction of sp³-hybridized carbons (Fsp3) is 0.490. The number of nitrogens with zero attached hydrogens (tertiary/aromatic N) is 4. The third kappa shape index (κ3) is 9.01. The molecule has 5 heterocycles. The second kappa shape index (κ2) is 17.7. The van der Waals surface area contributed by atoms with Crippen LogP contribution in [0.5, 0.6) is 17.2 Å². The summed E-state index contributed by atoms with van der Waals surface area (Å²) in [6, 6.07) is 19.1. The van der Waals surface area contributed by atoms with Crippen LogP contribution in [0.15, 0.2) is 82.4 Å². The first kappa shape index (κ1) is 45.6. The van der Waals surface area contributed by atoms with Crippen LogP contribution in [-0.4, -0.2) is 72.4 Å². The van der Waals surface area contributed by atoms with Crippen molar-refractivity contribution in [2.75, 3.05) is 36.5 Å². The number of hydrogen-bond donors (Lipinski definition) is 3. The van der Waals surface area contributed by atoms with E-state index >= 15 is 0 Å². The number of benzene rings is 3. The molecule has 3 aliphatic heterocycles. The number of likely N-dealkylation sites (tertiary alicyclic amines) is 1. The maximum Gasteiger partial charge on any atom is 0.297 e. The number of rotatable bonds is 11. The van der Waals surface area contributed by atoms with Crippen LogP contribution in [-0.2, 0) is 10.0 Å². The van der Waals surface area contributed by atoms with Crippen molar-refractivity contribution in [2.45, 2.75) is 121 Å². The standard InChI is InChI=1S/C51H60BrN7O7S/c1-31(2)37-8-5-6-9-38(37)43-10-7-19-58(43)34-26-51(27-34)17-20-57(21-18-51)33-11-12-39(45(22-33)66-35-23-40-41(52)29-54-48(40)53-28-35)49(60)56-67(63,64)36-24-44(59(61)62)47-46(25-36)65-30-42(55-47)32-13-15-50(3,4)16-14-32/h5-6,8-9,11-12,22-25,28-29,31-32,34,42-43,55H,7,10,13-21,26-27,30H2,1-4H3,(H,53,54)(H,56,60)/t42-,43-/m1/s1. The van der Waals surface area contributed by atoms with Crippen LogP contribution in [0.3, 0.4) is 0 Å². The first-order valence-electron chi connectivity index (χ1n) is 23.9. The lowest BCUT2D eigenvalue weighted by Gasteiger charge is -2.56. The zero-order chi connectivity index (χ0) is 46.8. The Morgan fingerprint density at radius 3 is 2.52 bits per heavy atom. The lowest BCUT2D eigenvalue weighted by molar-refractivity contribution is -0.384. The number of ether oxygens (including phenoxy) is 2. The normalized spacial score (nSPS) is 22.0. The molecule has 4 fully saturated rings. The number of pyridine rings is 1. The predicted octanol–water partition coefficient (Wildman–Crippen LogP) is 11.2. The van der Waals surface area contributed by atoms with Gasteiger partial charge in [-0.15, -0.1) is 0 Å². The molecule has 5 aromatic rings. The first-order valence-corrected chi connectivity index (χ1v) is 26.2. The summed E-state index contributed by atoms with van der Waals surface area (Å²) in [5.74, 6) is 0.350. The van der Waals surface area contributed by atoms with Gasteiger partial charge in [0.2, 0.25) is 0 Å². The molecule has 3 N–H and O–H groups in total. The SMILES string of the molecule is CC(C)c1ccccc1[C@H]1CCCN1C1CC2(CCN(c3ccc(C(=O)NS(=O)(=O)c4cc5c(c([N+](=O)[O-])c4)N[C@@H](C4CCC(C)(C)CC4)CO5)c(Oc4cnc5[nH]cc(Br)c5c4)c3)CC2)C1. The van der Waals surface area contributed by atoms with Gasteiger partial charge in [0.25, 0.3) is 21.6 Å². The zero-order valence-electron chi connectivity index (χ0n) is 38.6. The number of piperidine rings is 1. The number of H-pyrrole nitrogens is 1. The molecule has 5 aliphatic rings. The zero-order valence-corrected chi connectivity index (χ0v) is 41.0. The van der Waals surface area contributed by atoms with E-state index in [0.717, 1.165) is 79.8 Å². The van der Waals surface area contributed by atoms with Gasteiger partial charge in [0.15, 0.2) is 11.4 Å². The van der Waals surface area contributed by atoms with E-state index in [0.29, 0.717) is 34.8 Å². The van der Waals surface area contributed by atoms with Crippen molar-refractivity contribution in [3.63, 3.8) is 0 Å². The summed E-state index contributed by atoms with van der Waals surface area (Å²) in [5, 5.41) is 16.5. The van der Waals surface area contributed by atoms with Crippen LogP contribution in [0.25, 0.3) is 11.0 Å². The molecule has 16 heteroatoms. The van der Waals surface area contributed by atoms with Crippen LogP contribution >= 0.6 is 15.9 Å². The number of nitro benzene ring substituents is 1. The molecule has 1 amide bonds. The van der Waals surface area contributed by atoms with Crippen LogP contribution in [0.1, 0.15) is 125 Å². The second-order valence-electron chi connectivity index (χ2n) is 20.8. The average molecular weight is 995 g/mol. The maximum atomic E-state index is 14.2. The number of nitrogens with one attached hydrogen (secondary N) is 3. The quantitative estimate of drug-likeness (QED) is 0.0849. The number of halogens is 1. The van der Waals surface area contributed by atoms with Gasteiger partial charge in [0.05, 0.1) is 27.6 Å². The molecule has 2 saturated carbocycles. The molecule has 0 unspecified atom stereocenters. The Kier molecular flexibility index (Phi) is 12.1. The first-order chi connectivity index (χ1) is 32.1. The van der Waals surface area contributed by atoms with Gasteiger partial charge < -0.3 is 24.7 Å². The molecule has 0 bridgehead atoms. The number of aromatic nitrogens is 2. The van der Waals surface area contributed by atoms with Crippen LogP contribution < -0.4 is 24.4 Å². The topological polar surface area (TPSA) is 172 Å². The van der Waals surface area contributed by atoms with Gasteiger partial charge in [-0.1, -0.05) is 52.0 Å². The molecule has 2 aliphatic carbocycles. The highest BCUT2D eigenvalue weighted by Gasteiger charge is 2.50. The van der Waals surface area contributed by atoms with Crippen molar-refractivity contribution in [3.8, 4) is 17.2 Å². The molecule has 0 radical (unpaired) electrons. The lowest BCUT2D eigenvalue weighted by Crippen LogP contribution is -2.54. The minimum atomic E-state index is -4.64. The molecule has 2 aromatic heterocycles. The van der Waals surface area contributed by atoms with E-state index in [1.807, 2.05) is 6.07 Å². The largest absolute Gasteiger partial charge is 0.489 e. The number of fused-ring (bicyclic) bond motifs is 2. The van der Waals surface area contributed by atoms with Gasteiger partial charge in [0.1, 0.15) is 23.8 Å². The number of amides is 1. The monoisotopic (exact) mass is 993 g/mol. The van der Waals surface area contributed by atoms with E-state index in [1.165, 1.54) is 42.9 Å². The highest BCUT2D eigenvalue weighted by Crippen LogP contribution is 2.54. The Labute approximate surface area is 400 Å². The predicted molar refractivity (Wildman–Crippen MR) is 263 cm³/mol. The molecule has 354 valence electrons. The Bertz CT molecular complexity index is 2820. The van der Waals surface area contributed by atoms with E-state index < -0.39 is 31.4 Å². The molecule has 10 rings (SSSR count). The summed E-state index contributed by atoms with van der Waals surface area (Å²) < 4.78 is 43.5. The van der Waals surface area contributed by atoms with Crippen molar-refractivity contribution < 1.29 is 27.6 Å². The summed E-state index contributed by atoms with van der Waals surface area (Å²) in [6.45, 7) is 12.1. The van der Waals surface area contributed by atoms with Crippen molar-refractivity contribution in [1.82, 2.24) is 19.6 Å². The third-order valence-corrected chi connectivity index (χ3v) is 17.6. The third-order valence-electron chi connectivity index (χ3n) is 15.6. The lowest BCUT2D eigenvalue weighted by atomic mass is 9.59. The molecule has 2 saturated heterocycles. The number of hydrogen-bond acceptors (Lipinski definition) is 11. The van der Waals surface area contributed by atoms with Gasteiger partial charge in [-0.05, 0) is 139 Å². The molecule has 67 heavy (non-hydrogen) atoms. The highest BCUT2D eigenvalue weighted by atomic mass is 79.9. The fourth-order valence-corrected chi connectivity index (χ4v) is 13.1. The molecular formula is C51H60BrN7O7S. The van der Waals surface area contributed by atoms with Gasteiger partial charge >= 0.3 is 0 Å². The van der Waals surface area contributed by atoms with Crippen molar-refractivity contribution in [3.05, 3.63) is 104 Å². The van der Waals surface area contributed by atoms with E-state index in [2.05, 4.69) is 97.7 Å². The number of anilines is 2. The average Bonchev–Trinajstić information content (AvgIpc) is 3.94. The van der Waals surface area contributed by atoms with E-state index in [-0.39, 0.29) is 46.7 Å². The van der Waals surface area contributed by atoms with Gasteiger partial charge in [-0.25, -0.2) is 18.1 Å².